The summed E-state index contributed by atoms with van der Waals surface area (Å²) in [4.78, 5) is 39.5. The van der Waals surface area contributed by atoms with Gasteiger partial charge < -0.3 is 15.4 Å². The molecule has 0 saturated carbocycles. The number of likely N-dealkylation sites (tertiary alicyclic amines) is 1. The number of likely N-dealkylation sites (N-methyl/N-ethyl adjacent to an activating group) is 1. The fourth-order valence-electron chi connectivity index (χ4n) is 4.48. The number of ketones is 1. The molecule has 1 unspecified atom stereocenters. The Balaban J connectivity index is 1.66. The highest BCUT2D eigenvalue weighted by Gasteiger charge is 2.29. The molecule has 1 heterocycles. The van der Waals surface area contributed by atoms with E-state index < -0.39 is 6.04 Å². The van der Waals surface area contributed by atoms with Crippen LogP contribution in [0.25, 0.3) is 11.1 Å². The third-order valence-electron chi connectivity index (χ3n) is 6.46. The van der Waals surface area contributed by atoms with Gasteiger partial charge in [-0.2, -0.15) is 0 Å². The smallest absolute Gasteiger partial charge is 0.246 e. The lowest BCUT2D eigenvalue weighted by atomic mass is 10.0. The van der Waals surface area contributed by atoms with Gasteiger partial charge in [0, 0.05) is 12.1 Å². The second-order valence-electron chi connectivity index (χ2n) is 9.29. The Hall–Kier alpha value is -2.99. The van der Waals surface area contributed by atoms with Crippen molar-refractivity contribution in [3.63, 3.8) is 0 Å². The van der Waals surface area contributed by atoms with Crippen LogP contribution < -0.4 is 10.6 Å². The molecule has 0 aliphatic carbocycles. The van der Waals surface area contributed by atoms with Gasteiger partial charge in [-0.15, -0.1) is 0 Å². The van der Waals surface area contributed by atoms with Gasteiger partial charge in [0.05, 0.1) is 6.04 Å². The molecule has 1 fully saturated rings. The van der Waals surface area contributed by atoms with Gasteiger partial charge in [0.1, 0.15) is 11.8 Å². The first-order valence-corrected chi connectivity index (χ1v) is 12.4. The van der Waals surface area contributed by atoms with Gasteiger partial charge in [-0.1, -0.05) is 61.7 Å². The number of carbonyl (C=O) groups is 3. The minimum absolute atomic E-state index is 0.0795. The van der Waals surface area contributed by atoms with Crippen molar-refractivity contribution in [1.29, 1.82) is 0 Å². The summed E-state index contributed by atoms with van der Waals surface area (Å²) < 4.78 is 0. The third-order valence-corrected chi connectivity index (χ3v) is 6.46. The van der Waals surface area contributed by atoms with Crippen LogP contribution in [0, 0.1) is 0 Å². The third kappa shape index (κ3) is 7.80. The van der Waals surface area contributed by atoms with Crippen LogP contribution in [0.15, 0.2) is 54.6 Å². The number of unbranched alkanes of at least 4 members (excludes halogenated alkanes) is 2. The number of carbonyl (C=O) groups excluding carboxylic acids is 3. The lowest BCUT2D eigenvalue weighted by Crippen LogP contribution is -2.53. The Morgan fingerprint density at radius 2 is 1.74 bits per heavy atom. The quantitative estimate of drug-likeness (QED) is 0.469. The van der Waals surface area contributed by atoms with E-state index in [1.54, 1.807) is 6.92 Å². The molecule has 6 nitrogen and oxygen atoms in total. The summed E-state index contributed by atoms with van der Waals surface area (Å²) in [7, 11) is 1.97. The number of anilines is 1. The number of benzene rings is 2. The van der Waals surface area contributed by atoms with E-state index in [0.29, 0.717) is 18.5 Å². The minimum Gasteiger partial charge on any atom is -0.343 e. The number of rotatable bonds is 11. The summed E-state index contributed by atoms with van der Waals surface area (Å²) in [6.07, 6.45) is 6.47. The van der Waals surface area contributed by atoms with E-state index in [-0.39, 0.29) is 23.6 Å². The van der Waals surface area contributed by atoms with Gasteiger partial charge in [0.25, 0.3) is 0 Å². The van der Waals surface area contributed by atoms with Crippen LogP contribution in [0.3, 0.4) is 0 Å². The molecule has 3 rings (SSSR count). The Morgan fingerprint density at radius 3 is 2.47 bits per heavy atom. The maximum atomic E-state index is 13.2. The average molecular weight is 464 g/mol. The van der Waals surface area contributed by atoms with Crippen LogP contribution in [0.5, 0.6) is 0 Å². The second kappa shape index (κ2) is 13.0. The lowest BCUT2D eigenvalue weighted by molar-refractivity contribution is -0.131. The summed E-state index contributed by atoms with van der Waals surface area (Å²) >= 11 is 0. The van der Waals surface area contributed by atoms with Crippen molar-refractivity contribution in [3.8, 4) is 11.1 Å². The lowest BCUT2D eigenvalue weighted by Gasteiger charge is -2.32. The maximum absolute atomic E-state index is 13.2. The number of Topliss-reactive ketones (excluding diaryl/α,β-unsaturated/α-hetero) is 1. The van der Waals surface area contributed by atoms with E-state index in [9.17, 15) is 14.4 Å². The molecule has 2 atom stereocenters. The van der Waals surface area contributed by atoms with Gasteiger partial charge in [-0.25, -0.2) is 0 Å². The summed E-state index contributed by atoms with van der Waals surface area (Å²) in [5.74, 6) is -0.103. The van der Waals surface area contributed by atoms with Crippen LogP contribution in [0.2, 0.25) is 0 Å². The van der Waals surface area contributed by atoms with E-state index in [2.05, 4.69) is 15.5 Å². The monoisotopic (exact) mass is 463 g/mol. The molecule has 1 saturated heterocycles. The molecule has 2 aromatic rings. The zero-order valence-corrected chi connectivity index (χ0v) is 20.4. The second-order valence-corrected chi connectivity index (χ2v) is 9.29. The Labute approximate surface area is 203 Å². The molecular weight excluding hydrogens is 426 g/mol. The SMILES string of the molecule is CC(=O)CCCCC[C@H](NC(=O)C1CCCCN1C)C(=O)Nc1cccc(-c2ccccc2)c1. The summed E-state index contributed by atoms with van der Waals surface area (Å²) in [5, 5.41) is 6.03. The highest BCUT2D eigenvalue weighted by atomic mass is 16.2. The van der Waals surface area contributed by atoms with Gasteiger partial charge in [0.15, 0.2) is 0 Å². The fraction of sp³-hybridized carbons (Fsp3) is 0.464. The minimum atomic E-state index is -0.611. The van der Waals surface area contributed by atoms with Gasteiger partial charge in [-0.05, 0) is 69.5 Å². The highest BCUT2D eigenvalue weighted by molar-refractivity contribution is 5.98. The Kier molecular flexibility index (Phi) is 9.83. The molecule has 0 bridgehead atoms. The van der Waals surface area contributed by atoms with Crippen LogP contribution in [-0.2, 0) is 14.4 Å². The predicted molar refractivity (Wildman–Crippen MR) is 136 cm³/mol. The average Bonchev–Trinajstić information content (AvgIpc) is 2.83. The molecule has 182 valence electrons. The van der Waals surface area contributed by atoms with Crippen LogP contribution in [-0.4, -0.2) is 48.2 Å². The van der Waals surface area contributed by atoms with Crippen molar-refractivity contribution in [2.45, 2.75) is 70.4 Å². The van der Waals surface area contributed by atoms with E-state index in [1.165, 1.54) is 0 Å². The molecule has 2 amide bonds. The summed E-state index contributed by atoms with van der Waals surface area (Å²) in [5.41, 5.74) is 2.80. The first-order chi connectivity index (χ1) is 16.4. The topological polar surface area (TPSA) is 78.5 Å². The van der Waals surface area contributed by atoms with E-state index in [0.717, 1.165) is 56.2 Å². The molecule has 1 aliphatic heterocycles. The summed E-state index contributed by atoms with van der Waals surface area (Å²) in [6.45, 7) is 2.49. The van der Waals surface area contributed by atoms with Gasteiger partial charge in [0.2, 0.25) is 11.8 Å². The molecule has 1 aliphatic rings. The molecule has 2 N–H and O–H groups in total. The molecule has 0 spiro atoms. The van der Waals surface area contributed by atoms with E-state index >= 15 is 0 Å². The molecular formula is C28H37N3O3. The van der Waals surface area contributed by atoms with Gasteiger partial charge in [-0.3, -0.25) is 14.5 Å². The summed E-state index contributed by atoms with van der Waals surface area (Å²) in [6, 6.07) is 17.0. The van der Waals surface area contributed by atoms with Gasteiger partial charge >= 0.3 is 0 Å². The molecule has 0 aromatic heterocycles. The number of nitrogens with zero attached hydrogens (tertiary/aromatic N) is 1. The zero-order valence-electron chi connectivity index (χ0n) is 20.4. The van der Waals surface area contributed by atoms with Crippen molar-refractivity contribution in [2.24, 2.45) is 0 Å². The van der Waals surface area contributed by atoms with Crippen molar-refractivity contribution in [3.05, 3.63) is 54.6 Å². The normalized spacial score (nSPS) is 17.1. The van der Waals surface area contributed by atoms with E-state index in [1.807, 2.05) is 61.6 Å². The molecule has 6 heteroatoms. The first kappa shape index (κ1) is 25.6. The Morgan fingerprint density at radius 1 is 0.971 bits per heavy atom. The number of nitrogens with one attached hydrogen (secondary N) is 2. The number of amides is 2. The van der Waals surface area contributed by atoms with Crippen molar-refractivity contribution >= 4 is 23.3 Å². The predicted octanol–water partition coefficient (Wildman–Crippen LogP) is 4.80. The van der Waals surface area contributed by atoms with Crippen LogP contribution in [0.4, 0.5) is 5.69 Å². The molecule has 2 aromatic carbocycles. The van der Waals surface area contributed by atoms with Crippen molar-refractivity contribution < 1.29 is 14.4 Å². The molecule has 0 radical (unpaired) electrons. The van der Waals surface area contributed by atoms with Crippen LogP contribution >= 0.6 is 0 Å². The number of hydrogen-bond donors (Lipinski definition) is 2. The van der Waals surface area contributed by atoms with Crippen molar-refractivity contribution in [1.82, 2.24) is 10.2 Å². The van der Waals surface area contributed by atoms with Crippen molar-refractivity contribution in [2.75, 3.05) is 18.9 Å². The zero-order chi connectivity index (χ0) is 24.3. The largest absolute Gasteiger partial charge is 0.343 e. The number of hydrogen-bond acceptors (Lipinski definition) is 4. The Bertz CT molecular complexity index is 960. The maximum Gasteiger partial charge on any atom is 0.246 e. The molecule has 34 heavy (non-hydrogen) atoms. The van der Waals surface area contributed by atoms with Crippen LogP contribution in [0.1, 0.15) is 58.3 Å². The standard InChI is InChI=1S/C28H37N3O3/c1-21(32)12-5-3-8-17-25(30-28(34)26-18-9-10-19-31(26)2)27(33)29-24-16-11-15-23(20-24)22-13-6-4-7-14-22/h4,6-7,11,13-16,20,25-26H,3,5,8-10,12,17-19H2,1-2H3,(H,29,33)(H,30,34)/t25-,26?/m0/s1. The highest BCUT2D eigenvalue weighted by Crippen LogP contribution is 2.23. The van der Waals surface area contributed by atoms with E-state index in [4.69, 9.17) is 0 Å². The first-order valence-electron chi connectivity index (χ1n) is 12.4. The number of piperidine rings is 1. The fourth-order valence-corrected chi connectivity index (χ4v) is 4.48.